The highest BCUT2D eigenvalue weighted by Gasteiger charge is 2.25. The summed E-state index contributed by atoms with van der Waals surface area (Å²) in [5.74, 6) is 0.926. The van der Waals surface area contributed by atoms with Crippen molar-refractivity contribution < 1.29 is 14.0 Å². The van der Waals surface area contributed by atoms with Gasteiger partial charge < -0.3 is 15.1 Å². The zero-order valence-corrected chi connectivity index (χ0v) is 19.4. The average molecular weight is 469 g/mol. The molecule has 0 radical (unpaired) electrons. The summed E-state index contributed by atoms with van der Waals surface area (Å²) in [4.78, 5) is 27.3. The first kappa shape index (κ1) is 21.2. The average Bonchev–Trinajstić information content (AvgIpc) is 3.30. The van der Waals surface area contributed by atoms with E-state index in [1.807, 2.05) is 0 Å². The van der Waals surface area contributed by atoms with E-state index in [0.717, 1.165) is 30.6 Å². The lowest BCUT2D eigenvalue weighted by Crippen LogP contribution is -2.27. The van der Waals surface area contributed by atoms with E-state index in [4.69, 9.17) is 4.42 Å². The van der Waals surface area contributed by atoms with Crippen molar-refractivity contribution >= 4 is 40.6 Å². The van der Waals surface area contributed by atoms with E-state index >= 15 is 0 Å². The Hall–Kier alpha value is -2.65. The van der Waals surface area contributed by atoms with Crippen LogP contribution in [0.3, 0.4) is 0 Å². The molecule has 2 N–H and O–H groups in total. The van der Waals surface area contributed by atoms with E-state index in [1.54, 1.807) is 35.6 Å². The van der Waals surface area contributed by atoms with Gasteiger partial charge in [-0.05, 0) is 61.8 Å². The van der Waals surface area contributed by atoms with Crippen LogP contribution < -0.4 is 10.6 Å². The molecule has 1 atom stereocenters. The summed E-state index contributed by atoms with van der Waals surface area (Å²) in [6.07, 6.45) is 5.45. The first-order chi connectivity index (χ1) is 15.5. The zero-order chi connectivity index (χ0) is 22.1. The van der Waals surface area contributed by atoms with Gasteiger partial charge in [0.15, 0.2) is 0 Å². The molecule has 32 heavy (non-hydrogen) atoms. The molecule has 1 fully saturated rings. The van der Waals surface area contributed by atoms with Crippen molar-refractivity contribution in [1.82, 2.24) is 15.5 Å². The fourth-order valence-corrected chi connectivity index (χ4v) is 5.47. The molecule has 0 spiro atoms. The second-order valence-electron chi connectivity index (χ2n) is 8.41. The van der Waals surface area contributed by atoms with Gasteiger partial charge in [0, 0.05) is 10.9 Å². The summed E-state index contributed by atoms with van der Waals surface area (Å²) in [5, 5.41) is 14.4. The van der Waals surface area contributed by atoms with Gasteiger partial charge in [-0.25, -0.2) is 0 Å². The first-order valence-electron chi connectivity index (χ1n) is 10.8. The molecule has 0 unspecified atom stereocenters. The number of rotatable bonds is 7. The van der Waals surface area contributed by atoms with Crippen LogP contribution in [0.15, 0.2) is 40.0 Å². The van der Waals surface area contributed by atoms with E-state index in [9.17, 15) is 9.59 Å². The number of fused-ring (bicyclic) bond motifs is 1. The van der Waals surface area contributed by atoms with Gasteiger partial charge in [0.2, 0.25) is 5.91 Å². The Morgan fingerprint density at radius 3 is 2.91 bits per heavy atom. The summed E-state index contributed by atoms with van der Waals surface area (Å²) in [7, 11) is 0. The van der Waals surface area contributed by atoms with Crippen molar-refractivity contribution in [3.8, 4) is 10.8 Å². The number of thioether (sulfide) groups is 1. The summed E-state index contributed by atoms with van der Waals surface area (Å²) in [5.41, 5.74) is 2.36. The summed E-state index contributed by atoms with van der Waals surface area (Å²) >= 11 is 2.91. The largest absolute Gasteiger partial charge is 0.410 e. The van der Waals surface area contributed by atoms with E-state index in [2.05, 4.69) is 33.8 Å². The Balaban J connectivity index is 1.19. The summed E-state index contributed by atoms with van der Waals surface area (Å²) in [6.45, 7) is 2.28. The predicted octanol–water partition coefficient (Wildman–Crippen LogP) is 4.55. The third-order valence-corrected chi connectivity index (χ3v) is 7.68. The number of carbonyl (C=O) groups excluding carboxylic acids is 2. The number of thiophene rings is 1. The fourth-order valence-electron chi connectivity index (χ4n) is 3.77. The van der Waals surface area contributed by atoms with Crippen LogP contribution in [0.1, 0.15) is 47.0 Å². The smallest absolute Gasteiger partial charge is 0.277 e. The van der Waals surface area contributed by atoms with Crippen LogP contribution in [0, 0.1) is 5.92 Å². The van der Waals surface area contributed by atoms with E-state index in [1.165, 1.54) is 28.6 Å². The van der Waals surface area contributed by atoms with E-state index in [-0.39, 0.29) is 23.6 Å². The lowest BCUT2D eigenvalue weighted by atomic mass is 9.90. The number of anilines is 1. The third kappa shape index (κ3) is 4.88. The summed E-state index contributed by atoms with van der Waals surface area (Å²) < 4.78 is 5.79. The lowest BCUT2D eigenvalue weighted by molar-refractivity contribution is -0.113. The topological polar surface area (TPSA) is 97.1 Å². The van der Waals surface area contributed by atoms with Crippen molar-refractivity contribution in [2.24, 2.45) is 5.92 Å². The highest BCUT2D eigenvalue weighted by atomic mass is 32.2. The maximum Gasteiger partial charge on any atom is 0.277 e. The molecule has 2 amide bonds. The Morgan fingerprint density at radius 1 is 1.22 bits per heavy atom. The number of aryl methyl sites for hydroxylation is 1. The Morgan fingerprint density at radius 2 is 2.06 bits per heavy atom. The lowest BCUT2D eigenvalue weighted by Gasteiger charge is -2.16. The van der Waals surface area contributed by atoms with Crippen LogP contribution in [-0.2, 0) is 17.6 Å². The SMILES string of the molecule is C[C@H]1CCc2sc(-c3nnc(SCC(=O)Nc4ccccc4C(=O)NC4CC4)o3)cc2C1. The second-order valence-corrected chi connectivity index (χ2v) is 10.5. The third-order valence-electron chi connectivity index (χ3n) is 5.63. The van der Waals surface area contributed by atoms with E-state index in [0.29, 0.717) is 28.3 Å². The molecule has 166 valence electrons. The van der Waals surface area contributed by atoms with Crippen molar-refractivity contribution in [2.45, 2.75) is 50.3 Å². The fraction of sp³-hybridized carbons (Fsp3) is 0.391. The van der Waals surface area contributed by atoms with Crippen LogP contribution in [0.4, 0.5) is 5.69 Å². The van der Waals surface area contributed by atoms with Gasteiger partial charge in [-0.15, -0.1) is 21.5 Å². The standard InChI is InChI=1S/C23H24N4O3S2/c1-13-6-9-18-14(10-13)11-19(32-18)22-26-27-23(30-22)31-12-20(28)25-17-5-3-2-4-16(17)21(29)24-15-7-8-15/h2-5,11,13,15H,6-10,12H2,1H3,(H,24,29)(H,25,28)/t13-/m0/s1. The van der Waals surface area contributed by atoms with Crippen molar-refractivity contribution in [1.29, 1.82) is 0 Å². The van der Waals surface area contributed by atoms with Crippen LogP contribution >= 0.6 is 23.1 Å². The molecule has 2 aliphatic carbocycles. The highest BCUT2D eigenvalue weighted by molar-refractivity contribution is 7.99. The number of carbonyl (C=O) groups is 2. The molecule has 2 aliphatic rings. The Labute approximate surface area is 194 Å². The zero-order valence-electron chi connectivity index (χ0n) is 17.7. The molecule has 0 saturated heterocycles. The molecule has 1 saturated carbocycles. The molecular weight excluding hydrogens is 444 g/mol. The van der Waals surface area contributed by atoms with E-state index < -0.39 is 0 Å². The molecule has 2 heterocycles. The predicted molar refractivity (Wildman–Crippen MR) is 125 cm³/mol. The monoisotopic (exact) mass is 468 g/mol. The number of para-hydroxylation sites is 1. The van der Waals surface area contributed by atoms with Crippen LogP contribution in [0.5, 0.6) is 0 Å². The van der Waals surface area contributed by atoms with Crippen LogP contribution in [0.25, 0.3) is 10.8 Å². The number of hydrogen-bond donors (Lipinski definition) is 2. The maximum atomic E-state index is 12.5. The molecule has 3 aromatic rings. The number of hydrogen-bond acceptors (Lipinski definition) is 7. The highest BCUT2D eigenvalue weighted by Crippen LogP contribution is 2.37. The minimum absolute atomic E-state index is 0.110. The van der Waals surface area contributed by atoms with Crippen molar-refractivity contribution in [3.05, 3.63) is 46.3 Å². The molecular formula is C23H24N4O3S2. The Kier molecular flexibility index (Phi) is 6.01. The van der Waals surface area contributed by atoms with Gasteiger partial charge in [-0.1, -0.05) is 30.8 Å². The number of aromatic nitrogens is 2. The molecule has 7 nitrogen and oxygen atoms in total. The minimum Gasteiger partial charge on any atom is -0.410 e. The van der Waals surface area contributed by atoms with Gasteiger partial charge in [0.25, 0.3) is 17.0 Å². The molecule has 0 aliphatic heterocycles. The summed E-state index contributed by atoms with van der Waals surface area (Å²) in [6, 6.07) is 9.44. The number of nitrogens with one attached hydrogen (secondary N) is 2. The molecule has 2 aromatic heterocycles. The first-order valence-corrected chi connectivity index (χ1v) is 12.6. The van der Waals surface area contributed by atoms with Crippen LogP contribution in [0.2, 0.25) is 0 Å². The molecule has 5 rings (SSSR count). The van der Waals surface area contributed by atoms with Gasteiger partial charge in [-0.3, -0.25) is 9.59 Å². The number of nitrogens with zero attached hydrogens (tertiary/aromatic N) is 2. The molecule has 0 bridgehead atoms. The van der Waals surface area contributed by atoms with Gasteiger partial charge in [0.1, 0.15) is 0 Å². The molecule has 1 aromatic carbocycles. The van der Waals surface area contributed by atoms with Crippen LogP contribution in [-0.4, -0.2) is 33.8 Å². The van der Waals surface area contributed by atoms with Gasteiger partial charge in [-0.2, -0.15) is 0 Å². The normalized spacial score (nSPS) is 17.6. The maximum absolute atomic E-state index is 12.5. The van der Waals surface area contributed by atoms with Gasteiger partial charge >= 0.3 is 0 Å². The molecule has 9 heteroatoms. The van der Waals surface area contributed by atoms with Crippen molar-refractivity contribution in [2.75, 3.05) is 11.1 Å². The minimum atomic E-state index is -0.234. The second kappa shape index (κ2) is 9.07. The Bertz CT molecular complexity index is 1150. The van der Waals surface area contributed by atoms with Crippen molar-refractivity contribution in [3.63, 3.8) is 0 Å². The van der Waals surface area contributed by atoms with Gasteiger partial charge in [0.05, 0.1) is 21.9 Å². The number of benzene rings is 1. The number of amides is 2. The quantitative estimate of drug-likeness (QED) is 0.494.